The zero-order chi connectivity index (χ0) is 18.5. The molecule has 0 fully saturated rings. The highest BCUT2D eigenvalue weighted by molar-refractivity contribution is 6.32. The molecule has 3 rings (SSSR count). The number of rotatable bonds is 6. The number of carbonyl (C=O) groups excluding carboxylic acids is 1. The zero-order valence-corrected chi connectivity index (χ0v) is 15.1. The number of aliphatic hydroxyl groups excluding tert-OH is 1. The second-order valence-electron chi connectivity index (χ2n) is 6.03. The van der Waals surface area contributed by atoms with Crippen molar-refractivity contribution >= 4 is 23.3 Å². The van der Waals surface area contributed by atoms with Crippen LogP contribution in [0.5, 0.6) is 5.75 Å². The lowest BCUT2D eigenvalue weighted by Crippen LogP contribution is -2.36. The van der Waals surface area contributed by atoms with Crippen molar-refractivity contribution in [2.24, 2.45) is 0 Å². The lowest BCUT2D eigenvalue weighted by atomic mass is 10.1. The van der Waals surface area contributed by atoms with E-state index in [1.54, 1.807) is 25.3 Å². The van der Waals surface area contributed by atoms with Crippen molar-refractivity contribution in [2.75, 3.05) is 25.6 Å². The Morgan fingerprint density at radius 3 is 2.85 bits per heavy atom. The number of hydrogen-bond acceptors (Lipinski definition) is 4. The van der Waals surface area contributed by atoms with Crippen molar-refractivity contribution in [3.8, 4) is 5.75 Å². The van der Waals surface area contributed by atoms with Crippen LogP contribution in [0.3, 0.4) is 0 Å². The van der Waals surface area contributed by atoms with Crippen molar-refractivity contribution in [3.05, 3.63) is 58.6 Å². The number of methoxy groups -OCH3 is 1. The van der Waals surface area contributed by atoms with Gasteiger partial charge in [0.25, 0.3) is 0 Å². The van der Waals surface area contributed by atoms with Crippen molar-refractivity contribution < 1.29 is 19.4 Å². The van der Waals surface area contributed by atoms with E-state index in [2.05, 4.69) is 10.6 Å². The molecule has 2 aromatic rings. The van der Waals surface area contributed by atoms with Gasteiger partial charge in [-0.15, -0.1) is 0 Å². The van der Waals surface area contributed by atoms with E-state index in [1.165, 1.54) is 0 Å². The molecule has 0 radical (unpaired) electrons. The maximum Gasteiger partial charge on any atom is 0.319 e. The summed E-state index contributed by atoms with van der Waals surface area (Å²) in [5.74, 6) is 0.523. The number of carbonyl (C=O) groups is 1. The number of benzene rings is 2. The fourth-order valence-electron chi connectivity index (χ4n) is 2.99. The Morgan fingerprint density at radius 2 is 2.08 bits per heavy atom. The molecule has 0 saturated carbocycles. The minimum Gasteiger partial charge on any atom is -0.490 e. The van der Waals surface area contributed by atoms with Gasteiger partial charge in [0, 0.05) is 19.2 Å². The van der Waals surface area contributed by atoms with Crippen LogP contribution in [0.4, 0.5) is 10.5 Å². The Hall–Kier alpha value is -2.28. The van der Waals surface area contributed by atoms with E-state index in [1.807, 2.05) is 24.3 Å². The summed E-state index contributed by atoms with van der Waals surface area (Å²) in [6.07, 6.45) is -0.112. The summed E-state index contributed by atoms with van der Waals surface area (Å²) in [7, 11) is 1.59. The van der Waals surface area contributed by atoms with E-state index in [4.69, 9.17) is 21.1 Å². The molecule has 0 aromatic heterocycles. The van der Waals surface area contributed by atoms with E-state index >= 15 is 0 Å². The van der Waals surface area contributed by atoms with Gasteiger partial charge in [-0.1, -0.05) is 35.9 Å². The summed E-state index contributed by atoms with van der Waals surface area (Å²) >= 11 is 6.17. The summed E-state index contributed by atoms with van der Waals surface area (Å²) in [6.45, 7) is 0.854. The van der Waals surface area contributed by atoms with Gasteiger partial charge in [0.2, 0.25) is 0 Å². The molecular weight excluding hydrogens is 356 g/mol. The lowest BCUT2D eigenvalue weighted by molar-refractivity contribution is 0.144. The van der Waals surface area contributed by atoms with Crippen LogP contribution in [0.1, 0.15) is 17.2 Å². The summed E-state index contributed by atoms with van der Waals surface area (Å²) in [6, 6.07) is 11.9. The van der Waals surface area contributed by atoms with E-state index in [9.17, 15) is 9.90 Å². The van der Waals surface area contributed by atoms with Gasteiger partial charge in [0.15, 0.2) is 0 Å². The number of urea groups is 1. The Bertz CT molecular complexity index is 784. The predicted octanol–water partition coefficient (Wildman–Crippen LogP) is 3.15. The zero-order valence-electron chi connectivity index (χ0n) is 14.4. The highest BCUT2D eigenvalue weighted by atomic mass is 35.5. The van der Waals surface area contributed by atoms with Gasteiger partial charge in [-0.3, -0.25) is 0 Å². The molecular formula is C19H21ClN2O4. The molecule has 2 amide bonds. The minimum atomic E-state index is -0.640. The van der Waals surface area contributed by atoms with E-state index in [0.717, 1.165) is 11.1 Å². The highest BCUT2D eigenvalue weighted by Gasteiger charge is 2.31. The number of amides is 2. The molecule has 6 nitrogen and oxygen atoms in total. The van der Waals surface area contributed by atoms with Gasteiger partial charge >= 0.3 is 6.03 Å². The first-order valence-electron chi connectivity index (χ1n) is 8.33. The van der Waals surface area contributed by atoms with Crippen LogP contribution in [-0.4, -0.2) is 37.6 Å². The minimum absolute atomic E-state index is 0.391. The first-order valence-corrected chi connectivity index (χ1v) is 8.71. The van der Waals surface area contributed by atoms with Crippen LogP contribution in [-0.2, 0) is 11.2 Å². The van der Waals surface area contributed by atoms with E-state index in [-0.39, 0.29) is 0 Å². The number of aliphatic hydroxyl groups is 1. The molecule has 0 unspecified atom stereocenters. The molecule has 2 atom stereocenters. The number of ether oxygens (including phenoxy) is 2. The number of nitrogens with one attached hydrogen (secondary N) is 2. The molecule has 1 aliphatic rings. The number of halogens is 1. The largest absolute Gasteiger partial charge is 0.490 e. The standard InChI is InChI=1S/C19H21ClN2O4/c1-25-8-9-26-17-7-6-13(11-15(17)20)21-19(24)22-18-14-5-3-2-4-12(14)10-16(18)23/h2-7,11,16,18,23H,8-10H2,1H3,(H2,21,22,24)/t16-,18+/m0/s1. The lowest BCUT2D eigenvalue weighted by Gasteiger charge is -2.18. The summed E-state index contributed by atoms with van der Waals surface area (Å²) in [5.41, 5.74) is 2.52. The van der Waals surface area contributed by atoms with Gasteiger partial charge in [-0.2, -0.15) is 0 Å². The topological polar surface area (TPSA) is 79.8 Å². The summed E-state index contributed by atoms with van der Waals surface area (Å²) in [4.78, 5) is 12.3. The van der Waals surface area contributed by atoms with Crippen LogP contribution in [0.25, 0.3) is 0 Å². The molecule has 0 saturated heterocycles. The van der Waals surface area contributed by atoms with Gasteiger partial charge in [-0.25, -0.2) is 4.79 Å². The SMILES string of the molecule is COCCOc1ccc(NC(=O)N[C@@H]2c3ccccc3C[C@@H]2O)cc1Cl. The first kappa shape index (κ1) is 18.5. The van der Waals surface area contributed by atoms with Gasteiger partial charge in [-0.05, 0) is 29.3 Å². The molecule has 0 spiro atoms. The predicted molar refractivity (Wildman–Crippen MR) is 99.9 cm³/mol. The maximum atomic E-state index is 12.3. The molecule has 0 bridgehead atoms. The summed E-state index contributed by atoms with van der Waals surface area (Å²) < 4.78 is 10.4. The Morgan fingerprint density at radius 1 is 1.27 bits per heavy atom. The van der Waals surface area contributed by atoms with Crippen LogP contribution in [0, 0.1) is 0 Å². The molecule has 0 heterocycles. The molecule has 2 aromatic carbocycles. The average Bonchev–Trinajstić information content (AvgIpc) is 2.92. The average molecular weight is 377 g/mol. The Labute approximate surface area is 157 Å². The smallest absolute Gasteiger partial charge is 0.319 e. The van der Waals surface area contributed by atoms with Gasteiger partial charge < -0.3 is 25.2 Å². The summed E-state index contributed by atoms with van der Waals surface area (Å²) in [5, 5.41) is 16.2. The monoisotopic (exact) mass is 376 g/mol. The van der Waals surface area contributed by atoms with Gasteiger partial charge in [0.05, 0.1) is 23.8 Å². The van der Waals surface area contributed by atoms with Crippen LogP contribution in [0.2, 0.25) is 5.02 Å². The molecule has 3 N–H and O–H groups in total. The number of fused-ring (bicyclic) bond motifs is 1. The van der Waals surface area contributed by atoms with Crippen molar-refractivity contribution in [2.45, 2.75) is 18.6 Å². The number of hydrogen-bond donors (Lipinski definition) is 3. The van der Waals surface area contributed by atoms with Crippen LogP contribution < -0.4 is 15.4 Å². The van der Waals surface area contributed by atoms with Gasteiger partial charge in [0.1, 0.15) is 12.4 Å². The van der Waals surface area contributed by atoms with Crippen molar-refractivity contribution in [1.82, 2.24) is 5.32 Å². The van der Waals surface area contributed by atoms with Crippen LogP contribution in [0.15, 0.2) is 42.5 Å². The third-order valence-electron chi connectivity index (χ3n) is 4.23. The first-order chi connectivity index (χ1) is 12.6. The number of anilines is 1. The maximum absolute atomic E-state index is 12.3. The molecule has 7 heteroatoms. The normalized spacial score (nSPS) is 18.3. The molecule has 26 heavy (non-hydrogen) atoms. The second kappa shape index (κ2) is 8.40. The quantitative estimate of drug-likeness (QED) is 0.677. The second-order valence-corrected chi connectivity index (χ2v) is 6.44. The Balaban J connectivity index is 1.61. The molecule has 1 aliphatic carbocycles. The third kappa shape index (κ3) is 4.27. The van der Waals surface area contributed by atoms with E-state index < -0.39 is 18.2 Å². The van der Waals surface area contributed by atoms with E-state index in [0.29, 0.717) is 36.1 Å². The third-order valence-corrected chi connectivity index (χ3v) is 4.52. The fourth-order valence-corrected chi connectivity index (χ4v) is 3.22. The van der Waals surface area contributed by atoms with Crippen molar-refractivity contribution in [1.29, 1.82) is 0 Å². The Kier molecular flexibility index (Phi) is 5.98. The fraction of sp³-hybridized carbons (Fsp3) is 0.316. The molecule has 138 valence electrons. The van der Waals surface area contributed by atoms with Crippen LogP contribution >= 0.6 is 11.6 Å². The highest BCUT2D eigenvalue weighted by Crippen LogP contribution is 2.31. The molecule has 0 aliphatic heterocycles. The van der Waals surface area contributed by atoms with Crippen molar-refractivity contribution in [3.63, 3.8) is 0 Å².